The van der Waals surface area contributed by atoms with E-state index in [-0.39, 0.29) is 0 Å². The molecule has 0 unspecified atom stereocenters. The molecule has 53 valence electrons. The van der Waals surface area contributed by atoms with Crippen molar-refractivity contribution in [1.82, 2.24) is 0 Å². The van der Waals surface area contributed by atoms with Crippen molar-refractivity contribution in [1.29, 1.82) is 0 Å². The molecule has 0 heterocycles. The molecule has 0 heteroatoms. The summed E-state index contributed by atoms with van der Waals surface area (Å²) in [6.45, 7) is 12.6. The molecule has 5 radical (unpaired) electrons. The van der Waals surface area contributed by atoms with Crippen molar-refractivity contribution < 1.29 is 0 Å². The summed E-state index contributed by atoms with van der Waals surface area (Å²) in [5.74, 6) is 6.74. The van der Waals surface area contributed by atoms with Gasteiger partial charge in [0.2, 0.25) is 0 Å². The minimum Gasteiger partial charge on any atom is -0.0578 e. The van der Waals surface area contributed by atoms with Gasteiger partial charge in [0.25, 0.3) is 0 Å². The average molecular weight is 134 g/mol. The van der Waals surface area contributed by atoms with Crippen molar-refractivity contribution in [3.05, 3.63) is 36.5 Å². The molecular formula is C10H14+. The largest absolute Gasteiger partial charge is 0.165 e. The summed E-state index contributed by atoms with van der Waals surface area (Å²) in [6.07, 6.45) is 0. The molecule has 0 N–H and O–H groups in total. The number of hydrogen-bond donors (Lipinski definition) is 0. The fourth-order valence-electron chi connectivity index (χ4n) is 1.30. The second kappa shape index (κ2) is 2.48. The Bertz CT molecular complexity index is 72.4. The maximum atomic E-state index is 4.00. The molecule has 1 saturated carbocycles. The molecular weight excluding hydrogens is 120 g/mol. The van der Waals surface area contributed by atoms with Crippen LogP contribution < -0.4 is 0 Å². The van der Waals surface area contributed by atoms with Gasteiger partial charge in [0.15, 0.2) is 5.92 Å². The van der Waals surface area contributed by atoms with Crippen molar-refractivity contribution >= 4 is 0 Å². The first kappa shape index (κ1) is 7.97. The lowest BCUT2D eigenvalue weighted by molar-refractivity contribution is 0.973. The molecule has 1 aliphatic carbocycles. The maximum absolute atomic E-state index is 4.00. The predicted molar refractivity (Wildman–Crippen MR) is 44.3 cm³/mol. The van der Waals surface area contributed by atoms with Crippen molar-refractivity contribution in [3.63, 3.8) is 0 Å². The Morgan fingerprint density at radius 3 is 1.10 bits per heavy atom. The molecule has 0 nitrogen and oxygen atoms in total. The standard InChI is InChI=1S/C10H14/c1-6-7(2)9(4)10(5)8(6)3/h1H2,2-5H3/q+1. The topological polar surface area (TPSA) is 0 Å². The first-order valence-corrected chi connectivity index (χ1v) is 3.60. The molecule has 0 aromatic carbocycles. The molecule has 0 aliphatic heterocycles. The van der Waals surface area contributed by atoms with E-state index < -0.39 is 0 Å². The minimum atomic E-state index is 1.22. The lowest BCUT2D eigenvalue weighted by Gasteiger charge is -2.10. The predicted octanol–water partition coefficient (Wildman–Crippen LogP) is 2.79. The van der Waals surface area contributed by atoms with Crippen LogP contribution in [0.3, 0.4) is 0 Å². The van der Waals surface area contributed by atoms with Gasteiger partial charge in [0.05, 0.1) is 6.92 Å². The molecule has 0 aromatic heterocycles. The number of hydrogen-bond acceptors (Lipinski definition) is 0. The summed E-state index contributed by atoms with van der Waals surface area (Å²) >= 11 is 0. The lowest BCUT2D eigenvalue weighted by Crippen LogP contribution is -2.01. The summed E-state index contributed by atoms with van der Waals surface area (Å²) in [4.78, 5) is 0. The summed E-state index contributed by atoms with van der Waals surface area (Å²) in [6, 6.07) is 0. The first-order valence-electron chi connectivity index (χ1n) is 3.60. The third-order valence-electron chi connectivity index (χ3n) is 2.59. The van der Waals surface area contributed by atoms with E-state index in [1.165, 1.54) is 29.6 Å². The highest BCUT2D eigenvalue weighted by atomic mass is 14.4. The van der Waals surface area contributed by atoms with Crippen LogP contribution in [0.4, 0.5) is 0 Å². The second-order valence-electron chi connectivity index (χ2n) is 2.98. The zero-order valence-electron chi connectivity index (χ0n) is 7.21. The maximum Gasteiger partial charge on any atom is 0.165 e. The van der Waals surface area contributed by atoms with Gasteiger partial charge in [-0.1, -0.05) is 27.7 Å². The quantitative estimate of drug-likeness (QED) is 0.447. The van der Waals surface area contributed by atoms with Crippen LogP contribution in [0.2, 0.25) is 0 Å². The Morgan fingerprint density at radius 2 is 1.00 bits per heavy atom. The summed E-state index contributed by atoms with van der Waals surface area (Å²) in [7, 11) is 0. The summed E-state index contributed by atoms with van der Waals surface area (Å²) in [5.41, 5.74) is 0. The van der Waals surface area contributed by atoms with Crippen molar-refractivity contribution in [2.45, 2.75) is 27.7 Å². The van der Waals surface area contributed by atoms with Gasteiger partial charge in [-0.15, -0.1) is 0 Å². The summed E-state index contributed by atoms with van der Waals surface area (Å²) in [5, 5.41) is 0. The van der Waals surface area contributed by atoms with Crippen LogP contribution in [0.25, 0.3) is 0 Å². The number of rotatable bonds is 0. The van der Waals surface area contributed by atoms with Gasteiger partial charge in [-0.05, 0) is 11.8 Å². The van der Waals surface area contributed by atoms with Crippen LogP contribution in [-0.2, 0) is 0 Å². The molecule has 0 atom stereocenters. The monoisotopic (exact) mass is 134 g/mol. The Labute approximate surface area is 65.0 Å². The van der Waals surface area contributed by atoms with Gasteiger partial charge in [-0.2, -0.15) is 0 Å². The highest BCUT2D eigenvalue weighted by Crippen LogP contribution is 2.51. The molecule has 0 aromatic rings. The van der Waals surface area contributed by atoms with Crippen LogP contribution in [0.5, 0.6) is 0 Å². The average Bonchev–Trinajstić information content (AvgIpc) is 2.07. The van der Waals surface area contributed by atoms with Gasteiger partial charge < -0.3 is 0 Å². The van der Waals surface area contributed by atoms with E-state index in [0.717, 1.165) is 0 Å². The van der Waals surface area contributed by atoms with Gasteiger partial charge >= 0.3 is 0 Å². The minimum absolute atomic E-state index is 1.22. The van der Waals surface area contributed by atoms with Crippen LogP contribution >= 0.6 is 0 Å². The smallest absolute Gasteiger partial charge is 0.0578 e. The fraction of sp³-hybridized carbons (Fsp3) is 0.400. The zero-order valence-corrected chi connectivity index (χ0v) is 7.21. The first-order chi connectivity index (χ1) is 4.55. The van der Waals surface area contributed by atoms with Crippen LogP contribution in [0, 0.1) is 36.5 Å². The Morgan fingerprint density at radius 1 is 0.700 bits per heavy atom. The Kier molecular flexibility index (Phi) is 1.98. The van der Waals surface area contributed by atoms with Gasteiger partial charge in [0, 0.05) is 11.8 Å². The van der Waals surface area contributed by atoms with E-state index in [1.807, 2.05) is 0 Å². The zero-order chi connectivity index (χ0) is 7.89. The Balaban J connectivity index is 2.68. The SMILES string of the molecule is [CH2+][C]1[C](C)[C](C)[C](C)[C]1C. The van der Waals surface area contributed by atoms with Crippen molar-refractivity contribution in [2.75, 3.05) is 0 Å². The van der Waals surface area contributed by atoms with Crippen LogP contribution in [0.15, 0.2) is 0 Å². The molecule has 0 bridgehead atoms. The normalized spacial score (nSPS) is 28.4. The van der Waals surface area contributed by atoms with Gasteiger partial charge in [-0.25, -0.2) is 0 Å². The van der Waals surface area contributed by atoms with E-state index in [1.54, 1.807) is 0 Å². The van der Waals surface area contributed by atoms with Crippen LogP contribution in [0.1, 0.15) is 27.7 Å². The highest BCUT2D eigenvalue weighted by Gasteiger charge is 2.46. The Hall–Kier alpha value is -0.130. The van der Waals surface area contributed by atoms with Crippen molar-refractivity contribution in [3.8, 4) is 0 Å². The van der Waals surface area contributed by atoms with E-state index in [0.29, 0.717) is 0 Å². The molecule has 0 amide bonds. The van der Waals surface area contributed by atoms with E-state index in [9.17, 15) is 0 Å². The van der Waals surface area contributed by atoms with E-state index in [4.69, 9.17) is 0 Å². The second-order valence-corrected chi connectivity index (χ2v) is 2.98. The van der Waals surface area contributed by atoms with E-state index in [2.05, 4.69) is 34.6 Å². The van der Waals surface area contributed by atoms with Gasteiger partial charge in [0.1, 0.15) is 0 Å². The molecule has 1 rings (SSSR count). The molecule has 0 spiro atoms. The fourth-order valence-corrected chi connectivity index (χ4v) is 1.30. The van der Waals surface area contributed by atoms with E-state index >= 15 is 0 Å². The van der Waals surface area contributed by atoms with Gasteiger partial charge in [-0.3, -0.25) is 0 Å². The molecule has 0 saturated heterocycles. The van der Waals surface area contributed by atoms with Crippen LogP contribution in [-0.4, -0.2) is 0 Å². The molecule has 10 heavy (non-hydrogen) atoms. The third kappa shape index (κ3) is 0.941. The summed E-state index contributed by atoms with van der Waals surface area (Å²) < 4.78 is 0. The van der Waals surface area contributed by atoms with Crippen molar-refractivity contribution in [2.24, 2.45) is 0 Å². The third-order valence-corrected chi connectivity index (χ3v) is 2.59. The molecule has 1 fully saturated rings. The lowest BCUT2D eigenvalue weighted by atomic mass is 9.92. The highest BCUT2D eigenvalue weighted by molar-refractivity contribution is 5.59. The molecule has 1 aliphatic rings.